The molecule has 0 saturated heterocycles. The fraction of sp³-hybridized carbons (Fsp3) is 0.0417. The zero-order valence-electron chi connectivity index (χ0n) is 17.8. The molecule has 0 saturated carbocycles. The molecular weight excluding hydrogens is 524 g/mol. The van der Waals surface area contributed by atoms with Gasteiger partial charge >= 0.3 is 11.8 Å². The van der Waals surface area contributed by atoms with Crippen LogP contribution in [0.25, 0.3) is 10.9 Å². The Balaban J connectivity index is 1.67. The molecular formula is C24H18BrClN4O4. The first kappa shape index (κ1) is 23.3. The molecule has 8 nitrogen and oxygen atoms in total. The molecule has 3 N–H and O–H groups in total. The van der Waals surface area contributed by atoms with Crippen LogP contribution < -0.4 is 20.8 Å². The van der Waals surface area contributed by atoms with Gasteiger partial charge in [-0.25, -0.2) is 4.68 Å². The fourth-order valence-corrected chi connectivity index (χ4v) is 3.74. The molecule has 10 heteroatoms. The lowest BCUT2D eigenvalue weighted by Crippen LogP contribution is -2.36. The van der Waals surface area contributed by atoms with Crippen molar-refractivity contribution in [2.24, 2.45) is 0 Å². The molecule has 3 amide bonds. The highest BCUT2D eigenvalue weighted by molar-refractivity contribution is 9.10. The SMILES string of the molecule is COc1cccc2cc(C(=O)Nc3ccc(Br)cc3)n(NC(=O)C(=O)Nc3ccccc3Cl)c12. The highest BCUT2D eigenvalue weighted by Gasteiger charge is 2.23. The van der Waals surface area contributed by atoms with Crippen LogP contribution >= 0.6 is 27.5 Å². The molecule has 0 fully saturated rings. The number of aromatic nitrogens is 1. The number of amides is 3. The largest absolute Gasteiger partial charge is 0.494 e. The highest BCUT2D eigenvalue weighted by Crippen LogP contribution is 2.29. The van der Waals surface area contributed by atoms with Crippen molar-refractivity contribution in [1.82, 2.24) is 4.68 Å². The van der Waals surface area contributed by atoms with Crippen LogP contribution in [0.5, 0.6) is 5.75 Å². The summed E-state index contributed by atoms with van der Waals surface area (Å²) in [7, 11) is 1.47. The van der Waals surface area contributed by atoms with Crippen LogP contribution in [0.2, 0.25) is 5.02 Å². The van der Waals surface area contributed by atoms with E-state index in [1.54, 1.807) is 72.8 Å². The first-order valence-corrected chi connectivity index (χ1v) is 11.2. The molecule has 4 aromatic rings. The molecule has 0 aliphatic carbocycles. The molecule has 34 heavy (non-hydrogen) atoms. The fourth-order valence-electron chi connectivity index (χ4n) is 3.30. The van der Waals surface area contributed by atoms with Crippen molar-refractivity contribution in [2.75, 3.05) is 23.2 Å². The van der Waals surface area contributed by atoms with Gasteiger partial charge in [-0.05, 0) is 48.5 Å². The lowest BCUT2D eigenvalue weighted by Gasteiger charge is -2.14. The smallest absolute Gasteiger partial charge is 0.328 e. The van der Waals surface area contributed by atoms with Crippen LogP contribution in [0.1, 0.15) is 10.5 Å². The number of benzene rings is 3. The summed E-state index contributed by atoms with van der Waals surface area (Å²) in [6.45, 7) is 0. The van der Waals surface area contributed by atoms with Gasteiger partial charge in [0, 0.05) is 15.5 Å². The maximum atomic E-state index is 13.1. The quantitative estimate of drug-likeness (QED) is 0.309. The van der Waals surface area contributed by atoms with E-state index in [0.29, 0.717) is 22.3 Å². The van der Waals surface area contributed by atoms with Crippen LogP contribution in [0.15, 0.2) is 77.3 Å². The molecule has 4 rings (SSSR count). The average molecular weight is 542 g/mol. The van der Waals surface area contributed by atoms with E-state index >= 15 is 0 Å². The second-order valence-electron chi connectivity index (χ2n) is 7.10. The molecule has 0 spiro atoms. The summed E-state index contributed by atoms with van der Waals surface area (Å²) in [6.07, 6.45) is 0. The van der Waals surface area contributed by atoms with Gasteiger partial charge in [0.05, 0.1) is 17.8 Å². The summed E-state index contributed by atoms with van der Waals surface area (Å²) in [6, 6.07) is 20.4. The number of fused-ring (bicyclic) bond motifs is 1. The van der Waals surface area contributed by atoms with Gasteiger partial charge in [-0.1, -0.05) is 51.8 Å². The Morgan fingerprint density at radius 3 is 2.35 bits per heavy atom. The number of carbonyl (C=O) groups is 3. The van der Waals surface area contributed by atoms with Crippen LogP contribution in [-0.4, -0.2) is 29.5 Å². The van der Waals surface area contributed by atoms with Crippen molar-refractivity contribution in [3.8, 4) is 5.75 Å². The number of ether oxygens (including phenoxy) is 1. The number of para-hydroxylation sites is 2. The number of hydrogen-bond donors (Lipinski definition) is 3. The van der Waals surface area contributed by atoms with Crippen LogP contribution in [-0.2, 0) is 9.59 Å². The number of halogens is 2. The Morgan fingerprint density at radius 1 is 0.912 bits per heavy atom. The first-order chi connectivity index (χ1) is 16.4. The van der Waals surface area contributed by atoms with E-state index in [1.165, 1.54) is 11.8 Å². The maximum absolute atomic E-state index is 13.1. The standard InChI is InChI=1S/C24H18BrClN4O4/c1-34-20-8-4-5-14-13-19(22(31)27-16-11-9-15(25)10-12-16)30(21(14)20)29-24(33)23(32)28-18-7-3-2-6-17(18)26/h2-13H,1H3,(H,27,31)(H,28,32)(H,29,33). The summed E-state index contributed by atoms with van der Waals surface area (Å²) in [4.78, 5) is 38.5. The minimum absolute atomic E-state index is 0.0984. The Hall–Kier alpha value is -3.82. The molecule has 0 aliphatic rings. The van der Waals surface area contributed by atoms with Gasteiger partial charge in [-0.2, -0.15) is 0 Å². The third-order valence-corrected chi connectivity index (χ3v) is 5.74. The monoisotopic (exact) mass is 540 g/mol. The van der Waals surface area contributed by atoms with Crippen LogP contribution in [0.3, 0.4) is 0 Å². The summed E-state index contributed by atoms with van der Waals surface area (Å²) in [5.41, 5.74) is 3.86. The molecule has 3 aromatic carbocycles. The summed E-state index contributed by atoms with van der Waals surface area (Å²) >= 11 is 9.41. The van der Waals surface area contributed by atoms with Gasteiger partial charge in [-0.3, -0.25) is 19.8 Å². The number of rotatable bonds is 5. The minimum atomic E-state index is -0.999. The first-order valence-electron chi connectivity index (χ1n) is 9.99. The lowest BCUT2D eigenvalue weighted by atomic mass is 10.2. The normalized spacial score (nSPS) is 10.6. The summed E-state index contributed by atoms with van der Waals surface area (Å²) < 4.78 is 7.51. The van der Waals surface area contributed by atoms with Crippen LogP contribution in [0.4, 0.5) is 11.4 Å². The molecule has 0 atom stereocenters. The number of nitrogens with zero attached hydrogens (tertiary/aromatic N) is 1. The molecule has 0 radical (unpaired) electrons. The molecule has 0 aliphatic heterocycles. The van der Waals surface area contributed by atoms with E-state index in [2.05, 4.69) is 32.0 Å². The zero-order valence-corrected chi connectivity index (χ0v) is 20.1. The van der Waals surface area contributed by atoms with Crippen molar-refractivity contribution in [2.45, 2.75) is 0 Å². The second-order valence-corrected chi connectivity index (χ2v) is 8.42. The van der Waals surface area contributed by atoms with Gasteiger partial charge in [0.25, 0.3) is 5.91 Å². The molecule has 1 heterocycles. The van der Waals surface area contributed by atoms with Gasteiger partial charge in [0.1, 0.15) is 17.0 Å². The van der Waals surface area contributed by atoms with Crippen molar-refractivity contribution in [3.05, 3.63) is 88.0 Å². The van der Waals surface area contributed by atoms with Crippen molar-refractivity contribution < 1.29 is 19.1 Å². The predicted octanol–water partition coefficient (Wildman–Crippen LogP) is 5.03. The van der Waals surface area contributed by atoms with Crippen molar-refractivity contribution in [1.29, 1.82) is 0 Å². The van der Waals surface area contributed by atoms with E-state index in [-0.39, 0.29) is 16.4 Å². The number of nitrogens with one attached hydrogen (secondary N) is 3. The van der Waals surface area contributed by atoms with Crippen molar-refractivity contribution in [3.63, 3.8) is 0 Å². The summed E-state index contributed by atoms with van der Waals surface area (Å²) in [5.74, 6) is -2.04. The maximum Gasteiger partial charge on any atom is 0.328 e. The molecule has 0 unspecified atom stereocenters. The third kappa shape index (κ3) is 4.90. The number of methoxy groups -OCH3 is 1. The highest BCUT2D eigenvalue weighted by atomic mass is 79.9. The topological polar surface area (TPSA) is 101 Å². The van der Waals surface area contributed by atoms with E-state index in [4.69, 9.17) is 16.3 Å². The van der Waals surface area contributed by atoms with Crippen molar-refractivity contribution >= 4 is 67.5 Å². The number of anilines is 2. The predicted molar refractivity (Wildman–Crippen MR) is 135 cm³/mol. The van der Waals surface area contributed by atoms with E-state index in [0.717, 1.165) is 4.47 Å². The second kappa shape index (κ2) is 9.98. The van der Waals surface area contributed by atoms with Crippen LogP contribution in [0, 0.1) is 0 Å². The van der Waals surface area contributed by atoms with E-state index < -0.39 is 17.7 Å². The van der Waals surface area contributed by atoms with E-state index in [9.17, 15) is 14.4 Å². The van der Waals surface area contributed by atoms with Gasteiger partial charge in [0.2, 0.25) is 0 Å². The van der Waals surface area contributed by atoms with Gasteiger partial charge in [-0.15, -0.1) is 0 Å². The number of hydrogen-bond acceptors (Lipinski definition) is 4. The van der Waals surface area contributed by atoms with Gasteiger partial charge in [0.15, 0.2) is 0 Å². The number of carbonyl (C=O) groups excluding carboxylic acids is 3. The Kier molecular flexibility index (Phi) is 6.85. The molecule has 1 aromatic heterocycles. The zero-order chi connectivity index (χ0) is 24.2. The Labute approximate surface area is 207 Å². The third-order valence-electron chi connectivity index (χ3n) is 4.88. The Bertz CT molecular complexity index is 1400. The minimum Gasteiger partial charge on any atom is -0.494 e. The average Bonchev–Trinajstić information content (AvgIpc) is 3.20. The summed E-state index contributed by atoms with van der Waals surface area (Å²) in [5, 5.41) is 6.16. The van der Waals surface area contributed by atoms with E-state index in [1.807, 2.05) is 0 Å². The lowest BCUT2D eigenvalue weighted by molar-refractivity contribution is -0.133. The molecule has 0 bridgehead atoms. The Morgan fingerprint density at radius 2 is 1.65 bits per heavy atom. The molecule has 172 valence electrons. The van der Waals surface area contributed by atoms with Gasteiger partial charge < -0.3 is 15.4 Å².